The highest BCUT2D eigenvalue weighted by molar-refractivity contribution is 8.06. The van der Waals surface area contributed by atoms with Gasteiger partial charge in [-0.05, 0) is 41.8 Å². The predicted molar refractivity (Wildman–Crippen MR) is 108 cm³/mol. The minimum Gasteiger partial charge on any atom is -0.322 e. The van der Waals surface area contributed by atoms with Gasteiger partial charge in [0, 0.05) is 15.5 Å². The number of hydrogen-bond donors (Lipinski definition) is 1. The number of thioether (sulfide) groups is 2. The summed E-state index contributed by atoms with van der Waals surface area (Å²) in [5, 5.41) is 4.87. The molecule has 0 atom stereocenters. The van der Waals surface area contributed by atoms with Crippen molar-refractivity contribution in [2.24, 2.45) is 0 Å². The quantitative estimate of drug-likeness (QED) is 0.427. The van der Waals surface area contributed by atoms with Gasteiger partial charge in [-0.25, -0.2) is 0 Å². The maximum Gasteiger partial charge on any atom is 0.262 e. The van der Waals surface area contributed by atoms with Gasteiger partial charge >= 0.3 is 0 Å². The van der Waals surface area contributed by atoms with Gasteiger partial charge in [-0.2, -0.15) is 0 Å². The highest BCUT2D eigenvalue weighted by Crippen LogP contribution is 2.31. The van der Waals surface area contributed by atoms with E-state index in [1.165, 1.54) is 11.8 Å². The van der Waals surface area contributed by atoms with Crippen molar-refractivity contribution in [3.63, 3.8) is 0 Å². The Morgan fingerprint density at radius 3 is 1.84 bits per heavy atom. The molecule has 0 heterocycles. The van der Waals surface area contributed by atoms with Crippen LogP contribution in [0.1, 0.15) is 0 Å². The van der Waals surface area contributed by atoms with Gasteiger partial charge in [0.25, 0.3) is 5.91 Å². The van der Waals surface area contributed by atoms with E-state index in [9.17, 15) is 4.79 Å². The number of carbonyl (C=O) groups is 1. The first-order valence-corrected chi connectivity index (χ1v) is 9.52. The number of amides is 1. The molecular formula is C21H17NOS2. The van der Waals surface area contributed by atoms with Crippen molar-refractivity contribution >= 4 is 35.1 Å². The van der Waals surface area contributed by atoms with Crippen LogP contribution in [-0.4, -0.2) is 5.91 Å². The molecule has 3 rings (SSSR count). The summed E-state index contributed by atoms with van der Waals surface area (Å²) in [4.78, 5) is 15.5. The van der Waals surface area contributed by atoms with Crippen LogP contribution in [0.25, 0.3) is 0 Å². The van der Waals surface area contributed by atoms with Crippen molar-refractivity contribution in [2.75, 3.05) is 5.32 Å². The molecule has 4 heteroatoms. The van der Waals surface area contributed by atoms with E-state index >= 15 is 0 Å². The zero-order valence-electron chi connectivity index (χ0n) is 13.5. The van der Waals surface area contributed by atoms with Crippen LogP contribution in [0.3, 0.4) is 0 Å². The van der Waals surface area contributed by atoms with Gasteiger partial charge in [-0.3, -0.25) is 4.79 Å². The maximum absolute atomic E-state index is 12.7. The molecule has 0 aliphatic heterocycles. The molecule has 1 N–H and O–H groups in total. The molecule has 0 saturated heterocycles. The molecule has 0 radical (unpaired) electrons. The highest BCUT2D eigenvalue weighted by Gasteiger charge is 2.12. The standard InChI is InChI=1S/C21H17NOS2/c23-21(22-17-10-4-1-5-11-17)20(25-19-14-8-3-9-15-19)16-24-18-12-6-2-7-13-18/h1-16H,(H,22,23). The van der Waals surface area contributed by atoms with E-state index in [0.717, 1.165) is 15.5 Å². The Kier molecular flexibility index (Phi) is 6.37. The molecule has 0 bridgehead atoms. The summed E-state index contributed by atoms with van der Waals surface area (Å²) < 4.78 is 0. The van der Waals surface area contributed by atoms with Gasteiger partial charge in [0.05, 0.1) is 4.91 Å². The first-order valence-electron chi connectivity index (χ1n) is 7.82. The van der Waals surface area contributed by atoms with Crippen LogP contribution in [0.15, 0.2) is 111 Å². The Labute approximate surface area is 156 Å². The SMILES string of the molecule is O=C(Nc1ccccc1)C(=CSc1ccccc1)Sc1ccccc1. The van der Waals surface area contributed by atoms with E-state index < -0.39 is 0 Å². The molecule has 0 fully saturated rings. The Morgan fingerprint density at radius 2 is 1.24 bits per heavy atom. The van der Waals surface area contributed by atoms with Crippen LogP contribution < -0.4 is 5.32 Å². The number of rotatable bonds is 6. The first-order chi connectivity index (χ1) is 12.3. The van der Waals surface area contributed by atoms with Crippen molar-refractivity contribution in [1.82, 2.24) is 0 Å². The lowest BCUT2D eigenvalue weighted by molar-refractivity contribution is -0.112. The summed E-state index contributed by atoms with van der Waals surface area (Å²) >= 11 is 3.01. The van der Waals surface area contributed by atoms with Gasteiger partial charge in [0.1, 0.15) is 0 Å². The number of carbonyl (C=O) groups excluding carboxylic acids is 1. The third kappa shape index (κ3) is 5.55. The average Bonchev–Trinajstić information content (AvgIpc) is 2.67. The Hall–Kier alpha value is -2.43. The lowest BCUT2D eigenvalue weighted by Gasteiger charge is -2.09. The molecule has 3 aromatic carbocycles. The molecular weight excluding hydrogens is 346 g/mol. The van der Waals surface area contributed by atoms with Gasteiger partial charge < -0.3 is 5.32 Å². The molecule has 0 saturated carbocycles. The fourth-order valence-corrected chi connectivity index (χ4v) is 3.77. The van der Waals surface area contributed by atoms with E-state index in [-0.39, 0.29) is 5.91 Å². The first kappa shape index (κ1) is 17.4. The number of nitrogens with one attached hydrogen (secondary N) is 1. The second-order valence-electron chi connectivity index (χ2n) is 5.15. The molecule has 0 spiro atoms. The number of anilines is 1. The van der Waals surface area contributed by atoms with E-state index in [1.54, 1.807) is 11.8 Å². The predicted octanol–water partition coefficient (Wildman–Crippen LogP) is 6.05. The smallest absolute Gasteiger partial charge is 0.262 e. The van der Waals surface area contributed by atoms with E-state index in [0.29, 0.717) is 4.91 Å². The van der Waals surface area contributed by atoms with Crippen molar-refractivity contribution in [1.29, 1.82) is 0 Å². The second kappa shape index (κ2) is 9.16. The summed E-state index contributed by atoms with van der Waals surface area (Å²) in [6.07, 6.45) is 0. The molecule has 0 aromatic heterocycles. The molecule has 0 unspecified atom stereocenters. The molecule has 0 aliphatic carbocycles. The van der Waals surface area contributed by atoms with Crippen molar-refractivity contribution < 1.29 is 4.79 Å². The lowest BCUT2D eigenvalue weighted by atomic mass is 10.3. The van der Waals surface area contributed by atoms with Crippen LogP contribution in [0.5, 0.6) is 0 Å². The van der Waals surface area contributed by atoms with E-state index in [4.69, 9.17) is 0 Å². The summed E-state index contributed by atoms with van der Waals surface area (Å²) in [6.45, 7) is 0. The summed E-state index contributed by atoms with van der Waals surface area (Å²) in [6, 6.07) is 29.4. The molecule has 2 nitrogen and oxygen atoms in total. The minimum atomic E-state index is -0.108. The number of hydrogen-bond acceptors (Lipinski definition) is 3. The number of para-hydroxylation sites is 1. The summed E-state index contributed by atoms with van der Waals surface area (Å²) in [5.41, 5.74) is 0.789. The van der Waals surface area contributed by atoms with Gasteiger partial charge in [-0.1, -0.05) is 78.1 Å². The van der Waals surface area contributed by atoms with Crippen molar-refractivity contribution in [2.45, 2.75) is 9.79 Å². The van der Waals surface area contributed by atoms with Crippen LogP contribution >= 0.6 is 23.5 Å². The Bertz CT molecular complexity index is 834. The molecule has 25 heavy (non-hydrogen) atoms. The normalized spacial score (nSPS) is 11.1. The van der Waals surface area contributed by atoms with Crippen molar-refractivity contribution in [3.05, 3.63) is 101 Å². The Balaban J connectivity index is 1.79. The van der Waals surface area contributed by atoms with Crippen LogP contribution in [0, 0.1) is 0 Å². The van der Waals surface area contributed by atoms with Crippen LogP contribution in [-0.2, 0) is 4.79 Å². The fraction of sp³-hybridized carbons (Fsp3) is 0. The fourth-order valence-electron chi connectivity index (χ4n) is 2.07. The third-order valence-electron chi connectivity index (χ3n) is 3.27. The molecule has 124 valence electrons. The highest BCUT2D eigenvalue weighted by atomic mass is 32.2. The zero-order valence-corrected chi connectivity index (χ0v) is 15.1. The summed E-state index contributed by atoms with van der Waals surface area (Å²) in [5.74, 6) is -0.108. The van der Waals surface area contributed by atoms with Gasteiger partial charge in [0.2, 0.25) is 0 Å². The minimum absolute atomic E-state index is 0.108. The Morgan fingerprint density at radius 1 is 0.720 bits per heavy atom. The second-order valence-corrected chi connectivity index (χ2v) is 7.21. The topological polar surface area (TPSA) is 29.1 Å². The van der Waals surface area contributed by atoms with E-state index in [2.05, 4.69) is 5.32 Å². The summed E-state index contributed by atoms with van der Waals surface area (Å²) in [7, 11) is 0. The number of benzene rings is 3. The molecule has 3 aromatic rings. The van der Waals surface area contributed by atoms with Crippen LogP contribution in [0.2, 0.25) is 0 Å². The maximum atomic E-state index is 12.7. The molecule has 0 aliphatic rings. The largest absolute Gasteiger partial charge is 0.322 e. The van der Waals surface area contributed by atoms with E-state index in [1.807, 2.05) is 96.4 Å². The van der Waals surface area contributed by atoms with Crippen molar-refractivity contribution in [3.8, 4) is 0 Å². The van der Waals surface area contributed by atoms with Gasteiger partial charge in [0.15, 0.2) is 0 Å². The monoisotopic (exact) mass is 363 g/mol. The molecule has 1 amide bonds. The van der Waals surface area contributed by atoms with Crippen LogP contribution in [0.4, 0.5) is 5.69 Å². The van der Waals surface area contributed by atoms with Gasteiger partial charge in [-0.15, -0.1) is 0 Å². The zero-order chi connectivity index (χ0) is 17.3. The third-order valence-corrected chi connectivity index (χ3v) is 5.35. The average molecular weight is 364 g/mol. The lowest BCUT2D eigenvalue weighted by Crippen LogP contribution is -2.12.